The fourth-order valence-electron chi connectivity index (χ4n) is 1.68. The molecule has 0 fully saturated rings. The van der Waals surface area contributed by atoms with Crippen LogP contribution in [0.4, 0.5) is 0 Å². The molecule has 0 N–H and O–H groups in total. The van der Waals surface area contributed by atoms with Crippen LogP contribution < -0.4 is 9.47 Å². The third kappa shape index (κ3) is 5.97. The lowest BCUT2D eigenvalue weighted by atomic mass is 10.2. The highest BCUT2D eigenvalue weighted by molar-refractivity contribution is 5.42. The van der Waals surface area contributed by atoms with Gasteiger partial charge in [-0.25, -0.2) is 0 Å². The molecule has 1 rings (SSSR count). The molecule has 0 saturated carbocycles. The predicted molar refractivity (Wildman–Crippen MR) is 78.0 cm³/mol. The first kappa shape index (κ1) is 15.8. The van der Waals surface area contributed by atoms with E-state index in [4.69, 9.17) is 14.2 Å². The fraction of sp³-hybridized carbons (Fsp3) is 0.625. The van der Waals surface area contributed by atoms with Crippen molar-refractivity contribution in [2.75, 3.05) is 20.3 Å². The Balaban J connectivity index is 2.51. The van der Waals surface area contributed by atoms with Gasteiger partial charge in [0.05, 0.1) is 20.3 Å². The Labute approximate surface area is 116 Å². The molecular formula is C16H26O3. The molecule has 108 valence electrons. The number of methoxy groups -OCH3 is 1. The molecule has 0 aliphatic rings. The van der Waals surface area contributed by atoms with Crippen LogP contribution in [0.2, 0.25) is 0 Å². The van der Waals surface area contributed by atoms with Gasteiger partial charge in [-0.15, -0.1) is 0 Å². The number of benzene rings is 1. The Morgan fingerprint density at radius 3 is 2.37 bits per heavy atom. The zero-order chi connectivity index (χ0) is 13.9. The molecule has 0 saturated heterocycles. The normalized spacial score (nSPS) is 10.5. The van der Waals surface area contributed by atoms with Crippen LogP contribution in [-0.2, 0) is 11.3 Å². The second-order valence-electron chi connectivity index (χ2n) is 4.59. The first-order valence-electron chi connectivity index (χ1n) is 7.19. The summed E-state index contributed by atoms with van der Waals surface area (Å²) in [7, 11) is 1.67. The van der Waals surface area contributed by atoms with Gasteiger partial charge in [0.25, 0.3) is 0 Å². The molecule has 3 nitrogen and oxygen atoms in total. The quantitative estimate of drug-likeness (QED) is 0.594. The van der Waals surface area contributed by atoms with Gasteiger partial charge in [-0.3, -0.25) is 0 Å². The van der Waals surface area contributed by atoms with Crippen molar-refractivity contribution in [2.45, 2.75) is 46.1 Å². The summed E-state index contributed by atoms with van der Waals surface area (Å²) in [5, 5.41) is 0. The molecule has 0 amide bonds. The molecule has 0 aliphatic carbocycles. The van der Waals surface area contributed by atoms with E-state index in [0.717, 1.165) is 56.0 Å². The van der Waals surface area contributed by atoms with Crippen LogP contribution in [-0.4, -0.2) is 20.3 Å². The van der Waals surface area contributed by atoms with Crippen LogP contribution in [0.1, 0.15) is 45.1 Å². The monoisotopic (exact) mass is 266 g/mol. The minimum Gasteiger partial charge on any atom is -0.493 e. The molecule has 19 heavy (non-hydrogen) atoms. The maximum Gasteiger partial charge on any atom is 0.161 e. The molecule has 0 aliphatic heterocycles. The Hall–Kier alpha value is -1.22. The SMILES string of the molecule is CCCCOCc1ccc(OCCCC)c(OC)c1. The van der Waals surface area contributed by atoms with E-state index in [1.165, 1.54) is 0 Å². The summed E-state index contributed by atoms with van der Waals surface area (Å²) < 4.78 is 16.7. The smallest absolute Gasteiger partial charge is 0.161 e. The molecule has 0 bridgehead atoms. The second kappa shape index (κ2) is 9.68. The van der Waals surface area contributed by atoms with Gasteiger partial charge in [0.2, 0.25) is 0 Å². The molecular weight excluding hydrogens is 240 g/mol. The summed E-state index contributed by atoms with van der Waals surface area (Å²) >= 11 is 0. The van der Waals surface area contributed by atoms with Gasteiger partial charge in [0.15, 0.2) is 11.5 Å². The van der Waals surface area contributed by atoms with E-state index in [1.54, 1.807) is 7.11 Å². The van der Waals surface area contributed by atoms with Crippen LogP contribution in [0.3, 0.4) is 0 Å². The zero-order valence-corrected chi connectivity index (χ0v) is 12.4. The standard InChI is InChI=1S/C16H26O3/c1-4-6-10-18-13-14-8-9-15(16(12-14)17-3)19-11-7-5-2/h8-9,12H,4-7,10-11,13H2,1-3H3. The van der Waals surface area contributed by atoms with Crippen molar-refractivity contribution in [1.82, 2.24) is 0 Å². The van der Waals surface area contributed by atoms with E-state index in [2.05, 4.69) is 13.8 Å². The Bertz CT molecular complexity index is 350. The lowest BCUT2D eigenvalue weighted by Gasteiger charge is -2.12. The van der Waals surface area contributed by atoms with Gasteiger partial charge in [-0.1, -0.05) is 32.8 Å². The van der Waals surface area contributed by atoms with E-state index in [0.29, 0.717) is 6.61 Å². The van der Waals surface area contributed by atoms with Gasteiger partial charge in [-0.05, 0) is 30.5 Å². The van der Waals surface area contributed by atoms with E-state index in [1.807, 2.05) is 18.2 Å². The molecule has 0 aromatic heterocycles. The molecule has 0 radical (unpaired) electrons. The van der Waals surface area contributed by atoms with Crippen LogP contribution in [0.5, 0.6) is 11.5 Å². The molecule has 0 atom stereocenters. The van der Waals surface area contributed by atoms with Gasteiger partial charge in [0.1, 0.15) is 0 Å². The fourth-order valence-corrected chi connectivity index (χ4v) is 1.68. The third-order valence-corrected chi connectivity index (χ3v) is 2.89. The zero-order valence-electron chi connectivity index (χ0n) is 12.4. The second-order valence-corrected chi connectivity index (χ2v) is 4.59. The summed E-state index contributed by atoms with van der Waals surface area (Å²) in [5.74, 6) is 1.60. The van der Waals surface area contributed by atoms with Gasteiger partial charge < -0.3 is 14.2 Å². The van der Waals surface area contributed by atoms with Gasteiger partial charge in [0, 0.05) is 6.61 Å². The molecule has 0 unspecified atom stereocenters. The number of ether oxygens (including phenoxy) is 3. The van der Waals surface area contributed by atoms with Crippen LogP contribution in [0.15, 0.2) is 18.2 Å². The molecule has 0 heterocycles. The van der Waals surface area contributed by atoms with Crippen molar-refractivity contribution in [3.8, 4) is 11.5 Å². The Kier molecular flexibility index (Phi) is 8.07. The number of hydrogen-bond donors (Lipinski definition) is 0. The van der Waals surface area contributed by atoms with E-state index >= 15 is 0 Å². The molecule has 0 spiro atoms. The highest BCUT2D eigenvalue weighted by Crippen LogP contribution is 2.28. The lowest BCUT2D eigenvalue weighted by molar-refractivity contribution is 0.118. The third-order valence-electron chi connectivity index (χ3n) is 2.89. The van der Waals surface area contributed by atoms with Crippen molar-refractivity contribution in [2.24, 2.45) is 0 Å². The van der Waals surface area contributed by atoms with Crippen molar-refractivity contribution >= 4 is 0 Å². The predicted octanol–water partition coefficient (Wildman–Crippen LogP) is 4.19. The minimum atomic E-state index is 0.631. The van der Waals surface area contributed by atoms with Gasteiger partial charge in [-0.2, -0.15) is 0 Å². The minimum absolute atomic E-state index is 0.631. The highest BCUT2D eigenvalue weighted by atomic mass is 16.5. The summed E-state index contributed by atoms with van der Waals surface area (Å²) in [4.78, 5) is 0. The first-order valence-corrected chi connectivity index (χ1v) is 7.19. The molecule has 1 aromatic rings. The average molecular weight is 266 g/mol. The molecule has 3 heteroatoms. The number of hydrogen-bond acceptors (Lipinski definition) is 3. The topological polar surface area (TPSA) is 27.7 Å². The van der Waals surface area contributed by atoms with Crippen LogP contribution >= 0.6 is 0 Å². The van der Waals surface area contributed by atoms with Crippen LogP contribution in [0, 0.1) is 0 Å². The lowest BCUT2D eigenvalue weighted by Crippen LogP contribution is -2.00. The van der Waals surface area contributed by atoms with E-state index in [-0.39, 0.29) is 0 Å². The summed E-state index contributed by atoms with van der Waals surface area (Å²) in [6.45, 7) is 6.49. The van der Waals surface area contributed by atoms with Crippen molar-refractivity contribution in [3.63, 3.8) is 0 Å². The number of unbranched alkanes of at least 4 members (excludes halogenated alkanes) is 2. The summed E-state index contributed by atoms with van der Waals surface area (Å²) in [6.07, 6.45) is 4.46. The first-order chi connectivity index (χ1) is 9.31. The van der Waals surface area contributed by atoms with Gasteiger partial charge >= 0.3 is 0 Å². The highest BCUT2D eigenvalue weighted by Gasteiger charge is 2.05. The number of rotatable bonds is 10. The Morgan fingerprint density at radius 1 is 0.947 bits per heavy atom. The summed E-state index contributed by atoms with van der Waals surface area (Å²) in [6, 6.07) is 6.00. The van der Waals surface area contributed by atoms with Crippen molar-refractivity contribution in [1.29, 1.82) is 0 Å². The Morgan fingerprint density at radius 2 is 1.68 bits per heavy atom. The summed E-state index contributed by atoms with van der Waals surface area (Å²) in [5.41, 5.74) is 1.12. The van der Waals surface area contributed by atoms with E-state index in [9.17, 15) is 0 Å². The maximum atomic E-state index is 5.70. The largest absolute Gasteiger partial charge is 0.493 e. The average Bonchev–Trinajstić information content (AvgIpc) is 2.45. The van der Waals surface area contributed by atoms with Crippen molar-refractivity contribution in [3.05, 3.63) is 23.8 Å². The maximum absolute atomic E-state index is 5.70. The molecule has 1 aromatic carbocycles. The van der Waals surface area contributed by atoms with Crippen molar-refractivity contribution < 1.29 is 14.2 Å². The van der Waals surface area contributed by atoms with Crippen LogP contribution in [0.25, 0.3) is 0 Å². The van der Waals surface area contributed by atoms with E-state index < -0.39 is 0 Å².